The highest BCUT2D eigenvalue weighted by atomic mass is 35.5. The summed E-state index contributed by atoms with van der Waals surface area (Å²) in [5.41, 5.74) is 5.81. The Morgan fingerprint density at radius 1 is 1.39 bits per heavy atom. The maximum absolute atomic E-state index is 12.1. The molecule has 0 radical (unpaired) electrons. The molecule has 2 rings (SSSR count). The van der Waals surface area contributed by atoms with Crippen molar-refractivity contribution in [1.29, 1.82) is 0 Å². The van der Waals surface area contributed by atoms with E-state index in [0.29, 0.717) is 5.69 Å². The second-order valence-electron chi connectivity index (χ2n) is 3.52. The zero-order chi connectivity index (χ0) is 13.3. The molecule has 0 amide bonds. The Morgan fingerprint density at radius 2 is 2.11 bits per heavy atom. The average molecular weight is 288 g/mol. The fourth-order valence-electron chi connectivity index (χ4n) is 1.40. The minimum atomic E-state index is -3.80. The van der Waals surface area contributed by atoms with Gasteiger partial charge in [-0.15, -0.1) is 0 Å². The van der Waals surface area contributed by atoms with E-state index < -0.39 is 10.0 Å². The number of nitrogens with one attached hydrogen (secondary N) is 1. The van der Waals surface area contributed by atoms with Gasteiger partial charge in [0.05, 0.1) is 18.2 Å². The van der Waals surface area contributed by atoms with Crippen LogP contribution >= 0.6 is 11.6 Å². The number of aromatic nitrogens is 3. The number of pyridine rings is 1. The summed E-state index contributed by atoms with van der Waals surface area (Å²) in [6, 6.07) is 2.98. The number of nitrogen functional groups attached to an aromatic ring is 1. The highest BCUT2D eigenvalue weighted by Crippen LogP contribution is 2.19. The third-order valence-corrected chi connectivity index (χ3v) is 3.88. The van der Waals surface area contributed by atoms with Crippen LogP contribution in [0.2, 0.25) is 5.15 Å². The second kappa shape index (κ2) is 4.46. The van der Waals surface area contributed by atoms with E-state index in [4.69, 9.17) is 17.3 Å². The standard InChI is InChI=1S/C9H10ClN5O2S/c1-15-5-13-8(11)9(15)18(16,17)14-6-2-3-7(10)12-4-6/h2-5,14H,11H2,1H3. The van der Waals surface area contributed by atoms with Crippen LogP contribution in [0.1, 0.15) is 0 Å². The first kappa shape index (κ1) is 12.7. The van der Waals surface area contributed by atoms with Gasteiger partial charge in [-0.05, 0) is 12.1 Å². The summed E-state index contributed by atoms with van der Waals surface area (Å²) in [6.07, 6.45) is 2.64. The molecule has 2 aromatic rings. The molecule has 0 saturated carbocycles. The SMILES string of the molecule is Cn1cnc(N)c1S(=O)(=O)Nc1ccc(Cl)nc1. The van der Waals surface area contributed by atoms with Crippen molar-refractivity contribution >= 4 is 33.1 Å². The lowest BCUT2D eigenvalue weighted by atomic mass is 10.4. The number of nitrogens with two attached hydrogens (primary N) is 1. The smallest absolute Gasteiger partial charge is 0.281 e. The number of imidazole rings is 1. The third-order valence-electron chi connectivity index (χ3n) is 2.14. The van der Waals surface area contributed by atoms with Gasteiger partial charge in [-0.3, -0.25) is 4.72 Å². The molecule has 0 aliphatic heterocycles. The zero-order valence-corrected chi connectivity index (χ0v) is 10.9. The van der Waals surface area contributed by atoms with Crippen LogP contribution in [-0.2, 0) is 17.1 Å². The molecule has 0 unspecified atom stereocenters. The summed E-state index contributed by atoms with van der Waals surface area (Å²) in [5, 5.41) is 0.176. The molecule has 2 aromatic heterocycles. The number of anilines is 2. The topological polar surface area (TPSA) is 103 Å². The summed E-state index contributed by atoms with van der Waals surface area (Å²) in [5.74, 6) is -0.0630. The fourth-order valence-corrected chi connectivity index (χ4v) is 2.80. The Hall–Kier alpha value is -1.80. The average Bonchev–Trinajstić information content (AvgIpc) is 2.62. The van der Waals surface area contributed by atoms with Gasteiger partial charge in [0.25, 0.3) is 10.0 Å². The zero-order valence-electron chi connectivity index (χ0n) is 9.33. The monoisotopic (exact) mass is 287 g/mol. The normalized spacial score (nSPS) is 11.4. The van der Waals surface area contributed by atoms with E-state index >= 15 is 0 Å². The van der Waals surface area contributed by atoms with Gasteiger partial charge >= 0.3 is 0 Å². The van der Waals surface area contributed by atoms with Gasteiger partial charge in [0.1, 0.15) is 5.15 Å². The molecule has 0 aliphatic carbocycles. The van der Waals surface area contributed by atoms with E-state index in [1.54, 1.807) is 0 Å². The molecule has 96 valence electrons. The summed E-state index contributed by atoms with van der Waals surface area (Å²) in [7, 11) is -2.26. The lowest BCUT2D eigenvalue weighted by molar-refractivity contribution is 0.592. The van der Waals surface area contributed by atoms with Gasteiger partial charge < -0.3 is 10.3 Å². The Bertz CT molecular complexity index is 645. The van der Waals surface area contributed by atoms with Crippen LogP contribution in [0.4, 0.5) is 11.5 Å². The largest absolute Gasteiger partial charge is 0.381 e. The molecule has 18 heavy (non-hydrogen) atoms. The van der Waals surface area contributed by atoms with Gasteiger partial charge in [0.15, 0.2) is 10.8 Å². The molecule has 7 nitrogen and oxygen atoms in total. The van der Waals surface area contributed by atoms with Gasteiger partial charge in [0.2, 0.25) is 0 Å². The Morgan fingerprint density at radius 3 is 2.61 bits per heavy atom. The summed E-state index contributed by atoms with van der Waals surface area (Å²) in [4.78, 5) is 7.50. The molecule has 0 aromatic carbocycles. The molecule has 0 aliphatic rings. The van der Waals surface area contributed by atoms with Crippen molar-refractivity contribution in [1.82, 2.24) is 14.5 Å². The van der Waals surface area contributed by atoms with Crippen LogP contribution in [-0.4, -0.2) is 23.0 Å². The quantitative estimate of drug-likeness (QED) is 0.815. The highest BCUT2D eigenvalue weighted by Gasteiger charge is 2.22. The maximum Gasteiger partial charge on any atom is 0.281 e. The van der Waals surface area contributed by atoms with Crippen molar-refractivity contribution in [3.05, 3.63) is 29.8 Å². The predicted octanol–water partition coefficient (Wildman–Crippen LogP) is 0.851. The van der Waals surface area contributed by atoms with E-state index in [0.717, 1.165) is 0 Å². The van der Waals surface area contributed by atoms with E-state index in [1.807, 2.05) is 0 Å². The van der Waals surface area contributed by atoms with E-state index in [2.05, 4.69) is 14.7 Å². The maximum atomic E-state index is 12.1. The minimum absolute atomic E-state index is 0.0630. The summed E-state index contributed by atoms with van der Waals surface area (Å²) >= 11 is 5.61. The molecule has 2 heterocycles. The number of nitrogens with zero attached hydrogens (tertiary/aromatic N) is 3. The van der Waals surface area contributed by atoms with E-state index in [9.17, 15) is 8.42 Å². The first-order valence-corrected chi connectivity index (χ1v) is 6.67. The third kappa shape index (κ3) is 2.39. The number of hydrogen-bond acceptors (Lipinski definition) is 5. The van der Waals surface area contributed by atoms with Crippen LogP contribution in [0.3, 0.4) is 0 Å². The van der Waals surface area contributed by atoms with E-state index in [1.165, 1.54) is 36.3 Å². The van der Waals surface area contributed by atoms with Gasteiger partial charge in [-0.1, -0.05) is 11.6 Å². The molecule has 0 atom stereocenters. The second-order valence-corrected chi connectivity index (χ2v) is 5.51. The number of aryl methyl sites for hydroxylation is 1. The first-order chi connectivity index (χ1) is 8.40. The highest BCUT2D eigenvalue weighted by molar-refractivity contribution is 7.92. The first-order valence-electron chi connectivity index (χ1n) is 4.81. The van der Waals surface area contributed by atoms with Crippen LogP contribution in [0.5, 0.6) is 0 Å². The molecule has 0 spiro atoms. The lowest BCUT2D eigenvalue weighted by Gasteiger charge is -2.08. The van der Waals surface area contributed by atoms with Crippen molar-refractivity contribution in [2.45, 2.75) is 5.03 Å². The van der Waals surface area contributed by atoms with Gasteiger partial charge in [0, 0.05) is 7.05 Å². The van der Waals surface area contributed by atoms with Crippen LogP contribution < -0.4 is 10.5 Å². The van der Waals surface area contributed by atoms with Crippen molar-refractivity contribution in [3.63, 3.8) is 0 Å². The molecule has 3 N–H and O–H groups in total. The van der Waals surface area contributed by atoms with Crippen molar-refractivity contribution < 1.29 is 8.42 Å². The van der Waals surface area contributed by atoms with Crippen LogP contribution in [0.25, 0.3) is 0 Å². The molecule has 0 fully saturated rings. The Balaban J connectivity index is 2.36. The number of hydrogen-bond donors (Lipinski definition) is 2. The molecule has 0 bridgehead atoms. The molecule has 9 heteroatoms. The van der Waals surface area contributed by atoms with Crippen molar-refractivity contribution in [2.24, 2.45) is 7.05 Å². The molecule has 0 saturated heterocycles. The van der Waals surface area contributed by atoms with Gasteiger partial charge in [-0.2, -0.15) is 8.42 Å². The van der Waals surface area contributed by atoms with Crippen molar-refractivity contribution in [2.75, 3.05) is 10.5 Å². The predicted molar refractivity (Wildman–Crippen MR) is 67.7 cm³/mol. The Labute approximate surface area is 109 Å². The van der Waals surface area contributed by atoms with Crippen LogP contribution in [0, 0.1) is 0 Å². The molecular weight excluding hydrogens is 278 g/mol. The number of halogens is 1. The van der Waals surface area contributed by atoms with E-state index in [-0.39, 0.29) is 16.0 Å². The van der Waals surface area contributed by atoms with Crippen molar-refractivity contribution in [3.8, 4) is 0 Å². The number of sulfonamides is 1. The molecular formula is C9H10ClN5O2S. The lowest BCUT2D eigenvalue weighted by Crippen LogP contribution is -2.17. The Kier molecular flexibility index (Phi) is 3.14. The van der Waals surface area contributed by atoms with Gasteiger partial charge in [-0.25, -0.2) is 9.97 Å². The van der Waals surface area contributed by atoms with Crippen LogP contribution in [0.15, 0.2) is 29.7 Å². The minimum Gasteiger partial charge on any atom is -0.381 e. The summed E-state index contributed by atoms with van der Waals surface area (Å²) in [6.45, 7) is 0. The summed E-state index contributed by atoms with van der Waals surface area (Å²) < 4.78 is 27.8. The fraction of sp³-hybridized carbons (Fsp3) is 0.111. The number of rotatable bonds is 3.